The Hall–Kier alpha value is -2.64. The van der Waals surface area contributed by atoms with E-state index in [1.54, 1.807) is 35.3 Å². The van der Waals surface area contributed by atoms with E-state index in [-0.39, 0.29) is 11.8 Å². The van der Waals surface area contributed by atoms with Crippen molar-refractivity contribution < 1.29 is 4.79 Å². The third-order valence-electron chi connectivity index (χ3n) is 4.71. The van der Waals surface area contributed by atoms with Crippen LogP contribution in [-0.2, 0) is 4.79 Å². The van der Waals surface area contributed by atoms with E-state index in [2.05, 4.69) is 25.4 Å². The lowest BCUT2D eigenvalue weighted by Gasteiger charge is -2.32. The van der Waals surface area contributed by atoms with E-state index in [4.69, 9.17) is 23.2 Å². The maximum atomic E-state index is 12.7. The van der Waals surface area contributed by atoms with Gasteiger partial charge in [0.05, 0.1) is 16.0 Å². The number of nitrogens with zero attached hydrogens (tertiary/aromatic N) is 5. The average Bonchev–Trinajstić information content (AvgIpc) is 3.26. The molecule has 0 spiro atoms. The van der Waals surface area contributed by atoms with Crippen LogP contribution >= 0.6 is 23.2 Å². The van der Waals surface area contributed by atoms with Crippen LogP contribution < -0.4 is 10.2 Å². The minimum absolute atomic E-state index is 0.0360. The fourth-order valence-electron chi connectivity index (χ4n) is 3.24. The number of hydrogen-bond donors (Lipinski definition) is 1. The van der Waals surface area contributed by atoms with Crippen molar-refractivity contribution >= 4 is 40.6 Å². The Bertz CT molecular complexity index is 961. The Morgan fingerprint density at radius 2 is 1.93 bits per heavy atom. The Morgan fingerprint density at radius 1 is 1.11 bits per heavy atom. The highest BCUT2D eigenvalue weighted by Gasteiger charge is 2.27. The smallest absolute Gasteiger partial charge is 0.229 e. The van der Waals surface area contributed by atoms with Crippen molar-refractivity contribution in [1.29, 1.82) is 0 Å². The van der Waals surface area contributed by atoms with Gasteiger partial charge in [0.15, 0.2) is 11.6 Å². The number of nitrogens with one attached hydrogen (secondary N) is 1. The van der Waals surface area contributed by atoms with Gasteiger partial charge in [-0.05, 0) is 43.2 Å². The van der Waals surface area contributed by atoms with Crippen LogP contribution in [0.15, 0.2) is 49.1 Å². The summed E-state index contributed by atoms with van der Waals surface area (Å²) in [7, 11) is 0. The Morgan fingerprint density at radius 3 is 2.64 bits per heavy atom. The first-order valence-electron chi connectivity index (χ1n) is 8.93. The topological polar surface area (TPSA) is 75.9 Å². The monoisotopic (exact) mass is 416 g/mol. The van der Waals surface area contributed by atoms with Crippen LogP contribution in [-0.4, -0.2) is 38.7 Å². The fourth-order valence-corrected chi connectivity index (χ4v) is 3.53. The van der Waals surface area contributed by atoms with Gasteiger partial charge >= 0.3 is 0 Å². The number of amides is 1. The van der Waals surface area contributed by atoms with Gasteiger partial charge in [0.1, 0.15) is 6.33 Å². The zero-order valence-electron chi connectivity index (χ0n) is 14.9. The van der Waals surface area contributed by atoms with Gasteiger partial charge in [0, 0.05) is 31.2 Å². The molecule has 1 amide bonds. The van der Waals surface area contributed by atoms with Gasteiger partial charge in [0.25, 0.3) is 0 Å². The molecular weight excluding hydrogens is 399 g/mol. The Kier molecular flexibility index (Phi) is 5.45. The summed E-state index contributed by atoms with van der Waals surface area (Å²) in [6.07, 6.45) is 6.91. The standard InChI is InChI=1S/C19H18Cl2N6O/c20-15-4-3-14(10-16(15)21)23-19(28)13-2-1-8-26(11-13)17-5-6-18(25-24-17)27-9-7-22-12-27/h3-7,9-10,12-13H,1-2,8,11H2,(H,23,28). The maximum absolute atomic E-state index is 12.7. The number of carbonyl (C=O) groups excluding carboxylic acids is 1. The van der Waals surface area contributed by atoms with E-state index >= 15 is 0 Å². The summed E-state index contributed by atoms with van der Waals surface area (Å²) in [5.74, 6) is 1.28. The second-order valence-electron chi connectivity index (χ2n) is 6.62. The first kappa shape index (κ1) is 18.7. The summed E-state index contributed by atoms with van der Waals surface area (Å²) >= 11 is 12.0. The lowest BCUT2D eigenvalue weighted by molar-refractivity contribution is -0.120. The lowest BCUT2D eigenvalue weighted by atomic mass is 9.97. The third-order valence-corrected chi connectivity index (χ3v) is 5.45. The fraction of sp³-hybridized carbons (Fsp3) is 0.263. The molecule has 9 heteroatoms. The number of rotatable bonds is 4. The number of halogens is 2. The molecule has 7 nitrogen and oxygen atoms in total. The summed E-state index contributed by atoms with van der Waals surface area (Å²) < 4.78 is 1.79. The minimum Gasteiger partial charge on any atom is -0.354 e. The van der Waals surface area contributed by atoms with Gasteiger partial charge in [-0.1, -0.05) is 23.2 Å². The third kappa shape index (κ3) is 4.10. The summed E-state index contributed by atoms with van der Waals surface area (Å²) in [5, 5.41) is 12.4. The van der Waals surface area contributed by atoms with Gasteiger partial charge in [-0.15, -0.1) is 10.2 Å². The molecule has 144 valence electrons. The molecule has 1 aromatic carbocycles. The van der Waals surface area contributed by atoms with Crippen LogP contribution in [0.5, 0.6) is 0 Å². The van der Waals surface area contributed by atoms with Crippen molar-refractivity contribution in [3.8, 4) is 5.82 Å². The van der Waals surface area contributed by atoms with E-state index in [0.29, 0.717) is 28.1 Å². The van der Waals surface area contributed by atoms with Crippen LogP contribution in [0.1, 0.15) is 12.8 Å². The molecule has 1 fully saturated rings. The zero-order valence-corrected chi connectivity index (χ0v) is 16.4. The molecule has 0 aliphatic carbocycles. The molecule has 3 aromatic rings. The highest BCUT2D eigenvalue weighted by Crippen LogP contribution is 2.27. The number of piperidine rings is 1. The van der Waals surface area contributed by atoms with Crippen molar-refractivity contribution in [2.45, 2.75) is 12.8 Å². The Balaban J connectivity index is 1.42. The number of hydrogen-bond acceptors (Lipinski definition) is 5. The number of aromatic nitrogens is 4. The summed E-state index contributed by atoms with van der Waals surface area (Å²) in [4.78, 5) is 18.8. The summed E-state index contributed by atoms with van der Waals surface area (Å²) in [5.41, 5.74) is 0.640. The predicted molar refractivity (Wildman–Crippen MR) is 109 cm³/mol. The van der Waals surface area contributed by atoms with E-state index in [1.165, 1.54) is 0 Å². The van der Waals surface area contributed by atoms with Crippen molar-refractivity contribution in [1.82, 2.24) is 19.7 Å². The maximum Gasteiger partial charge on any atom is 0.229 e. The highest BCUT2D eigenvalue weighted by molar-refractivity contribution is 6.42. The predicted octanol–water partition coefficient (Wildman–Crippen LogP) is 3.82. The zero-order chi connectivity index (χ0) is 19.5. The highest BCUT2D eigenvalue weighted by atomic mass is 35.5. The SMILES string of the molecule is O=C(Nc1ccc(Cl)c(Cl)c1)C1CCCN(c2ccc(-n3ccnc3)nn2)C1. The molecule has 1 saturated heterocycles. The molecule has 1 aliphatic rings. The van der Waals surface area contributed by atoms with Crippen LogP contribution in [0.2, 0.25) is 10.0 Å². The number of carbonyl (C=O) groups is 1. The van der Waals surface area contributed by atoms with Crippen molar-refractivity contribution in [2.75, 3.05) is 23.3 Å². The van der Waals surface area contributed by atoms with E-state index in [0.717, 1.165) is 25.2 Å². The summed E-state index contributed by atoms with van der Waals surface area (Å²) in [6, 6.07) is 8.88. The molecule has 28 heavy (non-hydrogen) atoms. The molecule has 2 aromatic heterocycles. The number of benzene rings is 1. The Labute approximate surface area is 172 Å². The van der Waals surface area contributed by atoms with Crippen LogP contribution in [0.3, 0.4) is 0 Å². The molecule has 4 rings (SSSR count). The van der Waals surface area contributed by atoms with Crippen molar-refractivity contribution in [2.24, 2.45) is 5.92 Å². The average molecular weight is 417 g/mol. The quantitative estimate of drug-likeness (QED) is 0.699. The first-order chi connectivity index (χ1) is 13.6. The van der Waals surface area contributed by atoms with Gasteiger partial charge < -0.3 is 10.2 Å². The molecular formula is C19H18Cl2N6O. The lowest BCUT2D eigenvalue weighted by Crippen LogP contribution is -2.41. The van der Waals surface area contributed by atoms with Gasteiger partial charge in [-0.3, -0.25) is 9.36 Å². The van der Waals surface area contributed by atoms with E-state index in [1.807, 2.05) is 18.3 Å². The normalized spacial score (nSPS) is 16.8. The molecule has 0 saturated carbocycles. The largest absolute Gasteiger partial charge is 0.354 e. The van der Waals surface area contributed by atoms with E-state index < -0.39 is 0 Å². The van der Waals surface area contributed by atoms with Gasteiger partial charge in [-0.2, -0.15) is 0 Å². The van der Waals surface area contributed by atoms with Gasteiger partial charge in [-0.25, -0.2) is 4.98 Å². The molecule has 1 N–H and O–H groups in total. The molecule has 0 bridgehead atoms. The second-order valence-corrected chi connectivity index (χ2v) is 7.44. The summed E-state index contributed by atoms with van der Waals surface area (Å²) in [6.45, 7) is 1.43. The molecule has 3 heterocycles. The second kappa shape index (κ2) is 8.16. The number of anilines is 2. The molecule has 1 unspecified atom stereocenters. The number of imidazole rings is 1. The van der Waals surface area contributed by atoms with Crippen molar-refractivity contribution in [3.05, 3.63) is 59.1 Å². The van der Waals surface area contributed by atoms with Gasteiger partial charge in [0.2, 0.25) is 5.91 Å². The van der Waals surface area contributed by atoms with Crippen LogP contribution in [0.4, 0.5) is 11.5 Å². The van der Waals surface area contributed by atoms with Crippen LogP contribution in [0.25, 0.3) is 5.82 Å². The molecule has 1 aliphatic heterocycles. The molecule has 1 atom stereocenters. The first-order valence-corrected chi connectivity index (χ1v) is 9.68. The van der Waals surface area contributed by atoms with Crippen LogP contribution in [0, 0.1) is 5.92 Å². The molecule has 0 radical (unpaired) electrons. The van der Waals surface area contributed by atoms with E-state index in [9.17, 15) is 4.79 Å². The minimum atomic E-state index is -0.140. The van der Waals surface area contributed by atoms with Crippen molar-refractivity contribution in [3.63, 3.8) is 0 Å².